The van der Waals surface area contributed by atoms with E-state index in [0.29, 0.717) is 12.6 Å². The Labute approximate surface area is 98.0 Å². The molecule has 2 aliphatic heterocycles. The summed E-state index contributed by atoms with van der Waals surface area (Å²) in [5.74, 6) is 0.815. The molecule has 0 spiro atoms. The number of nitrogens with one attached hydrogen (secondary N) is 1. The van der Waals surface area contributed by atoms with Crippen LogP contribution in [-0.4, -0.2) is 62.0 Å². The third kappa shape index (κ3) is 3.70. The van der Waals surface area contributed by atoms with Crippen molar-refractivity contribution in [2.24, 2.45) is 5.92 Å². The molecule has 4 heteroatoms. The molecule has 1 atom stereocenters. The van der Waals surface area contributed by atoms with Gasteiger partial charge in [0.25, 0.3) is 0 Å². The van der Waals surface area contributed by atoms with Gasteiger partial charge in [-0.2, -0.15) is 0 Å². The molecule has 0 aromatic carbocycles. The predicted octanol–water partition coefficient (Wildman–Crippen LogP) is 0.0692. The second kappa shape index (κ2) is 6.55. The van der Waals surface area contributed by atoms with Crippen molar-refractivity contribution in [1.82, 2.24) is 10.2 Å². The Balaban J connectivity index is 1.57. The summed E-state index contributed by atoms with van der Waals surface area (Å²) in [5.41, 5.74) is 0. The molecule has 2 rings (SSSR count). The summed E-state index contributed by atoms with van der Waals surface area (Å²) in [6, 6.07) is 0.593. The second-order valence-corrected chi connectivity index (χ2v) is 4.98. The van der Waals surface area contributed by atoms with Gasteiger partial charge in [0, 0.05) is 19.2 Å². The molecule has 16 heavy (non-hydrogen) atoms. The third-order valence-electron chi connectivity index (χ3n) is 3.75. The van der Waals surface area contributed by atoms with Crippen LogP contribution in [0.2, 0.25) is 0 Å². The van der Waals surface area contributed by atoms with Crippen LogP contribution in [-0.2, 0) is 4.74 Å². The van der Waals surface area contributed by atoms with E-state index in [4.69, 9.17) is 9.84 Å². The van der Waals surface area contributed by atoms with E-state index in [-0.39, 0.29) is 0 Å². The molecule has 2 saturated heterocycles. The topological polar surface area (TPSA) is 44.7 Å². The van der Waals surface area contributed by atoms with Gasteiger partial charge in [-0.25, -0.2) is 0 Å². The maximum atomic E-state index is 8.86. The minimum Gasteiger partial charge on any atom is -0.395 e. The highest BCUT2D eigenvalue weighted by molar-refractivity contribution is 4.77. The van der Waals surface area contributed by atoms with Gasteiger partial charge < -0.3 is 20.1 Å². The lowest BCUT2D eigenvalue weighted by Gasteiger charge is -2.32. The molecule has 0 aliphatic carbocycles. The number of ether oxygens (including phenoxy) is 1. The molecule has 0 amide bonds. The van der Waals surface area contributed by atoms with Gasteiger partial charge in [-0.3, -0.25) is 0 Å². The summed E-state index contributed by atoms with van der Waals surface area (Å²) in [6.07, 6.45) is 3.70. The smallest absolute Gasteiger partial charge is 0.0620 e. The molecule has 2 heterocycles. The largest absolute Gasteiger partial charge is 0.395 e. The quantitative estimate of drug-likeness (QED) is 0.699. The minimum atomic E-state index is 0.294. The molecule has 1 unspecified atom stereocenters. The molecular weight excluding hydrogens is 204 g/mol. The van der Waals surface area contributed by atoms with Crippen molar-refractivity contribution in [3.05, 3.63) is 0 Å². The molecule has 2 aliphatic rings. The number of β-amino-alcohol motifs (C(OH)–C–C–N with tert-alkyl or cyclic N) is 1. The molecule has 0 bridgehead atoms. The van der Waals surface area contributed by atoms with E-state index in [0.717, 1.165) is 45.3 Å². The van der Waals surface area contributed by atoms with Crippen LogP contribution in [0.3, 0.4) is 0 Å². The van der Waals surface area contributed by atoms with Gasteiger partial charge in [0.15, 0.2) is 0 Å². The molecule has 2 fully saturated rings. The zero-order valence-electron chi connectivity index (χ0n) is 10.0. The van der Waals surface area contributed by atoms with Crippen molar-refractivity contribution in [3.8, 4) is 0 Å². The molecular formula is C12H24N2O2. The van der Waals surface area contributed by atoms with Gasteiger partial charge in [-0.05, 0) is 44.8 Å². The number of aliphatic hydroxyl groups excluding tert-OH is 1. The lowest BCUT2D eigenvalue weighted by molar-refractivity contribution is 0.144. The average Bonchev–Trinajstić information content (AvgIpc) is 2.82. The fraction of sp³-hybridized carbons (Fsp3) is 1.00. The van der Waals surface area contributed by atoms with E-state index in [1.165, 1.54) is 19.3 Å². The van der Waals surface area contributed by atoms with Crippen LogP contribution in [0.4, 0.5) is 0 Å². The van der Waals surface area contributed by atoms with Gasteiger partial charge >= 0.3 is 0 Å². The second-order valence-electron chi connectivity index (χ2n) is 4.98. The lowest BCUT2D eigenvalue weighted by atomic mass is 9.96. The van der Waals surface area contributed by atoms with Crippen molar-refractivity contribution < 1.29 is 9.84 Å². The van der Waals surface area contributed by atoms with Crippen LogP contribution < -0.4 is 5.32 Å². The SMILES string of the molecule is OCCN1CCC(CNC2CCOC2)CC1. The standard InChI is InChI=1S/C12H24N2O2/c15-7-6-14-4-1-11(2-5-14)9-13-12-3-8-16-10-12/h11-13,15H,1-10H2. The summed E-state index contributed by atoms with van der Waals surface area (Å²) in [6.45, 7) is 6.39. The van der Waals surface area contributed by atoms with E-state index in [1.54, 1.807) is 0 Å². The normalized spacial score (nSPS) is 28.7. The Hall–Kier alpha value is -0.160. The maximum Gasteiger partial charge on any atom is 0.0620 e. The Bertz CT molecular complexity index is 187. The summed E-state index contributed by atoms with van der Waals surface area (Å²) in [4.78, 5) is 2.36. The van der Waals surface area contributed by atoms with Crippen LogP contribution in [0.5, 0.6) is 0 Å². The monoisotopic (exact) mass is 228 g/mol. The van der Waals surface area contributed by atoms with E-state index >= 15 is 0 Å². The van der Waals surface area contributed by atoms with E-state index in [9.17, 15) is 0 Å². The highest BCUT2D eigenvalue weighted by Crippen LogP contribution is 2.16. The molecule has 4 nitrogen and oxygen atoms in total. The van der Waals surface area contributed by atoms with Gasteiger partial charge in [0.1, 0.15) is 0 Å². The van der Waals surface area contributed by atoms with Gasteiger partial charge in [0.05, 0.1) is 13.2 Å². The van der Waals surface area contributed by atoms with Crippen LogP contribution in [0.1, 0.15) is 19.3 Å². The minimum absolute atomic E-state index is 0.294. The molecule has 0 saturated carbocycles. The molecule has 0 aromatic rings. The molecule has 94 valence electrons. The van der Waals surface area contributed by atoms with Crippen molar-refractivity contribution in [2.75, 3.05) is 46.0 Å². The van der Waals surface area contributed by atoms with Crippen LogP contribution in [0, 0.1) is 5.92 Å². The van der Waals surface area contributed by atoms with Crippen LogP contribution in [0.25, 0.3) is 0 Å². The van der Waals surface area contributed by atoms with E-state index < -0.39 is 0 Å². The number of hydrogen-bond acceptors (Lipinski definition) is 4. The number of rotatable bonds is 5. The Morgan fingerprint density at radius 2 is 2.06 bits per heavy atom. The van der Waals surface area contributed by atoms with Gasteiger partial charge in [-0.1, -0.05) is 0 Å². The summed E-state index contributed by atoms with van der Waals surface area (Å²) < 4.78 is 5.35. The fourth-order valence-electron chi connectivity index (χ4n) is 2.58. The molecule has 0 aromatic heterocycles. The summed E-state index contributed by atoms with van der Waals surface area (Å²) >= 11 is 0. The number of hydrogen-bond donors (Lipinski definition) is 2. The summed E-state index contributed by atoms with van der Waals surface area (Å²) in [5, 5.41) is 12.5. The van der Waals surface area contributed by atoms with E-state index in [2.05, 4.69) is 10.2 Å². The number of piperidine rings is 1. The Kier molecular flexibility index (Phi) is 5.03. The highest BCUT2D eigenvalue weighted by atomic mass is 16.5. The number of likely N-dealkylation sites (tertiary alicyclic amines) is 1. The highest BCUT2D eigenvalue weighted by Gasteiger charge is 2.21. The van der Waals surface area contributed by atoms with Crippen molar-refractivity contribution >= 4 is 0 Å². The fourth-order valence-corrected chi connectivity index (χ4v) is 2.58. The lowest BCUT2D eigenvalue weighted by Crippen LogP contribution is -2.40. The first-order valence-electron chi connectivity index (χ1n) is 6.53. The zero-order valence-corrected chi connectivity index (χ0v) is 10.0. The Morgan fingerprint density at radius 1 is 1.25 bits per heavy atom. The first-order chi connectivity index (χ1) is 7.88. The molecule has 2 N–H and O–H groups in total. The predicted molar refractivity (Wildman–Crippen MR) is 63.5 cm³/mol. The Morgan fingerprint density at radius 3 is 2.69 bits per heavy atom. The number of aliphatic hydroxyl groups is 1. The zero-order chi connectivity index (χ0) is 11.2. The van der Waals surface area contributed by atoms with Gasteiger partial charge in [0.2, 0.25) is 0 Å². The van der Waals surface area contributed by atoms with Crippen molar-refractivity contribution in [1.29, 1.82) is 0 Å². The molecule has 0 radical (unpaired) electrons. The van der Waals surface area contributed by atoms with Crippen LogP contribution >= 0.6 is 0 Å². The number of nitrogens with zero attached hydrogens (tertiary/aromatic N) is 1. The average molecular weight is 228 g/mol. The first-order valence-corrected chi connectivity index (χ1v) is 6.53. The van der Waals surface area contributed by atoms with Crippen molar-refractivity contribution in [3.63, 3.8) is 0 Å². The first kappa shape index (κ1) is 12.3. The summed E-state index contributed by atoms with van der Waals surface area (Å²) in [7, 11) is 0. The van der Waals surface area contributed by atoms with Gasteiger partial charge in [-0.15, -0.1) is 0 Å². The van der Waals surface area contributed by atoms with Crippen molar-refractivity contribution in [2.45, 2.75) is 25.3 Å². The third-order valence-corrected chi connectivity index (χ3v) is 3.75. The maximum absolute atomic E-state index is 8.86. The van der Waals surface area contributed by atoms with E-state index in [1.807, 2.05) is 0 Å². The van der Waals surface area contributed by atoms with Crippen LogP contribution in [0.15, 0.2) is 0 Å².